The van der Waals surface area contributed by atoms with Crippen LogP contribution in [0.15, 0.2) is 16.7 Å². The largest absolute Gasteiger partial charge is 0.466 e. The summed E-state index contributed by atoms with van der Waals surface area (Å²) in [6, 6.07) is 1.87. The Balaban J connectivity index is 2.12. The number of ether oxygens (including phenoxy) is 1. The average molecular weight is 182 g/mol. The molecular formula is C10H14O3. The predicted octanol–water partition coefficient (Wildman–Crippen LogP) is 1.66. The van der Waals surface area contributed by atoms with Crippen LogP contribution in [0.25, 0.3) is 0 Å². The molecule has 0 aromatic carbocycles. The molecular weight excluding hydrogens is 168 g/mol. The van der Waals surface area contributed by atoms with E-state index in [1.54, 1.807) is 6.26 Å². The maximum absolute atomic E-state index is 9.92. The van der Waals surface area contributed by atoms with Gasteiger partial charge in [0.2, 0.25) is 0 Å². The normalized spacial score (nSPS) is 24.9. The molecule has 0 amide bonds. The van der Waals surface area contributed by atoms with Crippen LogP contribution >= 0.6 is 0 Å². The van der Waals surface area contributed by atoms with Crippen LogP contribution in [0.3, 0.4) is 0 Å². The highest BCUT2D eigenvalue weighted by molar-refractivity contribution is 5.17. The second-order valence-electron chi connectivity index (χ2n) is 3.54. The van der Waals surface area contributed by atoms with Crippen molar-refractivity contribution in [1.29, 1.82) is 0 Å². The van der Waals surface area contributed by atoms with Crippen molar-refractivity contribution in [2.24, 2.45) is 5.92 Å². The van der Waals surface area contributed by atoms with Crippen molar-refractivity contribution in [2.75, 3.05) is 13.2 Å². The third-order valence-corrected chi connectivity index (χ3v) is 2.58. The lowest BCUT2D eigenvalue weighted by Crippen LogP contribution is -2.12. The number of aryl methyl sites for hydroxylation is 1. The lowest BCUT2D eigenvalue weighted by atomic mass is 9.98. The molecule has 1 saturated heterocycles. The van der Waals surface area contributed by atoms with E-state index in [0.717, 1.165) is 18.6 Å². The van der Waals surface area contributed by atoms with E-state index in [-0.39, 0.29) is 5.92 Å². The highest BCUT2D eigenvalue weighted by Gasteiger charge is 2.28. The second kappa shape index (κ2) is 3.52. The van der Waals surface area contributed by atoms with Crippen molar-refractivity contribution in [2.45, 2.75) is 19.4 Å². The Bertz CT molecular complexity index is 273. The molecule has 1 aliphatic rings. The highest BCUT2D eigenvalue weighted by Crippen LogP contribution is 2.30. The topological polar surface area (TPSA) is 42.6 Å². The first-order valence-electron chi connectivity index (χ1n) is 4.59. The van der Waals surface area contributed by atoms with E-state index in [1.807, 2.05) is 13.0 Å². The van der Waals surface area contributed by atoms with Gasteiger partial charge in [-0.25, -0.2) is 0 Å². The van der Waals surface area contributed by atoms with Gasteiger partial charge in [0.1, 0.15) is 11.9 Å². The number of hydrogen-bond donors (Lipinski definition) is 1. The van der Waals surface area contributed by atoms with Crippen molar-refractivity contribution in [3.05, 3.63) is 23.7 Å². The lowest BCUT2D eigenvalue weighted by molar-refractivity contribution is 0.0733. The van der Waals surface area contributed by atoms with E-state index in [1.165, 1.54) is 0 Å². The quantitative estimate of drug-likeness (QED) is 0.756. The van der Waals surface area contributed by atoms with Gasteiger partial charge in [-0.1, -0.05) is 0 Å². The molecule has 1 aliphatic heterocycles. The van der Waals surface area contributed by atoms with Crippen LogP contribution in [0.2, 0.25) is 0 Å². The monoisotopic (exact) mass is 182 g/mol. The van der Waals surface area contributed by atoms with Crippen LogP contribution in [-0.4, -0.2) is 18.3 Å². The summed E-state index contributed by atoms with van der Waals surface area (Å²) >= 11 is 0. The van der Waals surface area contributed by atoms with Gasteiger partial charge in [0, 0.05) is 12.5 Å². The van der Waals surface area contributed by atoms with E-state index in [0.29, 0.717) is 12.4 Å². The Morgan fingerprint density at radius 2 is 2.46 bits per heavy atom. The van der Waals surface area contributed by atoms with Crippen molar-refractivity contribution >= 4 is 0 Å². The third kappa shape index (κ3) is 1.62. The van der Waals surface area contributed by atoms with Gasteiger partial charge < -0.3 is 14.3 Å². The maximum Gasteiger partial charge on any atom is 0.135 e. The number of rotatable bonds is 2. The molecule has 72 valence electrons. The predicted molar refractivity (Wildman–Crippen MR) is 47.3 cm³/mol. The zero-order chi connectivity index (χ0) is 9.26. The van der Waals surface area contributed by atoms with Crippen molar-refractivity contribution in [3.63, 3.8) is 0 Å². The molecule has 0 spiro atoms. The van der Waals surface area contributed by atoms with E-state index in [2.05, 4.69) is 0 Å². The molecule has 1 aromatic rings. The molecule has 1 N–H and O–H groups in total. The van der Waals surface area contributed by atoms with Gasteiger partial charge in [-0.05, 0) is 25.0 Å². The molecule has 0 saturated carbocycles. The summed E-state index contributed by atoms with van der Waals surface area (Å²) in [5.41, 5.74) is 1.01. The molecule has 0 radical (unpaired) electrons. The molecule has 2 rings (SSSR count). The average Bonchev–Trinajstić information content (AvgIpc) is 2.72. The first-order valence-corrected chi connectivity index (χ1v) is 4.59. The van der Waals surface area contributed by atoms with Gasteiger partial charge >= 0.3 is 0 Å². The van der Waals surface area contributed by atoms with Crippen molar-refractivity contribution < 1.29 is 14.3 Å². The molecule has 2 unspecified atom stereocenters. The molecule has 0 bridgehead atoms. The van der Waals surface area contributed by atoms with Crippen LogP contribution in [0.5, 0.6) is 0 Å². The Morgan fingerprint density at radius 1 is 1.62 bits per heavy atom. The van der Waals surface area contributed by atoms with Gasteiger partial charge in [-0.3, -0.25) is 0 Å². The molecule has 3 heteroatoms. The van der Waals surface area contributed by atoms with Gasteiger partial charge in [0.05, 0.1) is 12.9 Å². The Kier molecular flexibility index (Phi) is 2.38. The minimum atomic E-state index is -0.502. The second-order valence-corrected chi connectivity index (χ2v) is 3.54. The Hall–Kier alpha value is -0.800. The van der Waals surface area contributed by atoms with Gasteiger partial charge in [0.25, 0.3) is 0 Å². The number of aliphatic hydroxyl groups is 1. The summed E-state index contributed by atoms with van der Waals surface area (Å²) in [5.74, 6) is 0.889. The summed E-state index contributed by atoms with van der Waals surface area (Å²) in [7, 11) is 0. The molecule has 2 atom stereocenters. The fourth-order valence-electron chi connectivity index (χ4n) is 1.70. The highest BCUT2D eigenvalue weighted by atomic mass is 16.5. The minimum absolute atomic E-state index is 0.199. The first kappa shape index (κ1) is 8.78. The van der Waals surface area contributed by atoms with E-state index in [9.17, 15) is 5.11 Å². The third-order valence-electron chi connectivity index (χ3n) is 2.58. The van der Waals surface area contributed by atoms with Crippen molar-refractivity contribution in [1.82, 2.24) is 0 Å². The minimum Gasteiger partial charge on any atom is -0.466 e. The Morgan fingerprint density at radius 3 is 3.00 bits per heavy atom. The van der Waals surface area contributed by atoms with Crippen LogP contribution in [0, 0.1) is 12.8 Å². The molecule has 1 aromatic heterocycles. The zero-order valence-electron chi connectivity index (χ0n) is 7.69. The van der Waals surface area contributed by atoms with Gasteiger partial charge in [-0.2, -0.15) is 0 Å². The van der Waals surface area contributed by atoms with E-state index < -0.39 is 6.10 Å². The van der Waals surface area contributed by atoms with Gasteiger partial charge in [-0.15, -0.1) is 0 Å². The fraction of sp³-hybridized carbons (Fsp3) is 0.600. The fourth-order valence-corrected chi connectivity index (χ4v) is 1.70. The Labute approximate surface area is 77.3 Å². The smallest absolute Gasteiger partial charge is 0.135 e. The summed E-state index contributed by atoms with van der Waals surface area (Å²) in [5, 5.41) is 9.92. The molecule has 2 heterocycles. The van der Waals surface area contributed by atoms with E-state index in [4.69, 9.17) is 9.15 Å². The lowest BCUT2D eigenvalue weighted by Gasteiger charge is -2.14. The summed E-state index contributed by atoms with van der Waals surface area (Å²) in [4.78, 5) is 0. The zero-order valence-corrected chi connectivity index (χ0v) is 7.69. The summed E-state index contributed by atoms with van der Waals surface area (Å²) in [6.07, 6.45) is 2.03. The standard InChI is InChI=1S/C10H14O3/c1-7-2-5-13-10(7)9(11)8-3-4-12-6-8/h2,5,8-9,11H,3-4,6H2,1H3. The SMILES string of the molecule is Cc1ccoc1C(O)C1CCOC1. The van der Waals surface area contributed by atoms with Crippen LogP contribution < -0.4 is 0 Å². The molecule has 1 fully saturated rings. The number of hydrogen-bond acceptors (Lipinski definition) is 3. The van der Waals surface area contributed by atoms with E-state index >= 15 is 0 Å². The molecule has 13 heavy (non-hydrogen) atoms. The number of aliphatic hydroxyl groups excluding tert-OH is 1. The van der Waals surface area contributed by atoms with Crippen molar-refractivity contribution in [3.8, 4) is 0 Å². The van der Waals surface area contributed by atoms with Crippen LogP contribution in [0.1, 0.15) is 23.8 Å². The molecule has 0 aliphatic carbocycles. The summed E-state index contributed by atoms with van der Waals surface area (Å²) < 4.78 is 10.4. The van der Waals surface area contributed by atoms with Crippen LogP contribution in [0.4, 0.5) is 0 Å². The van der Waals surface area contributed by atoms with Crippen LogP contribution in [-0.2, 0) is 4.74 Å². The molecule has 3 nitrogen and oxygen atoms in total. The first-order chi connectivity index (χ1) is 6.29. The number of furan rings is 1. The van der Waals surface area contributed by atoms with Gasteiger partial charge in [0.15, 0.2) is 0 Å². The summed E-state index contributed by atoms with van der Waals surface area (Å²) in [6.45, 7) is 3.33. The maximum atomic E-state index is 9.92.